The number of hydrogen-bond acceptors (Lipinski definition) is 4. The quantitative estimate of drug-likeness (QED) is 0.542. The van der Waals surface area contributed by atoms with Gasteiger partial charge >= 0.3 is 6.18 Å². The first-order valence-corrected chi connectivity index (χ1v) is 7.81. The highest BCUT2D eigenvalue weighted by Gasteiger charge is 2.31. The predicted molar refractivity (Wildman–Crippen MR) is 94.1 cm³/mol. The zero-order valence-corrected chi connectivity index (χ0v) is 14.3. The average Bonchev–Trinajstić information content (AvgIpc) is 2.89. The van der Waals surface area contributed by atoms with E-state index in [1.54, 1.807) is 43.6 Å². The van der Waals surface area contributed by atoms with Crippen LogP contribution in [0.15, 0.2) is 47.7 Å². The minimum atomic E-state index is -4.49. The van der Waals surface area contributed by atoms with Crippen molar-refractivity contribution < 1.29 is 13.2 Å². The zero-order chi connectivity index (χ0) is 18.9. The molecule has 0 unspecified atom stereocenters. The zero-order valence-electron chi connectivity index (χ0n) is 13.5. The van der Waals surface area contributed by atoms with Crippen LogP contribution in [0.5, 0.6) is 0 Å². The smallest absolute Gasteiger partial charge is 0.368 e. The Kier molecular flexibility index (Phi) is 4.69. The molecule has 0 saturated heterocycles. The van der Waals surface area contributed by atoms with E-state index in [9.17, 15) is 13.2 Å². The summed E-state index contributed by atoms with van der Waals surface area (Å²) < 4.78 is 40.1. The van der Waals surface area contributed by atoms with Gasteiger partial charge in [0.25, 0.3) is 0 Å². The maximum atomic E-state index is 12.9. The summed E-state index contributed by atoms with van der Waals surface area (Å²) in [5.74, 6) is 0.262. The van der Waals surface area contributed by atoms with Crippen LogP contribution in [-0.2, 0) is 6.18 Å². The molecule has 0 saturated carbocycles. The number of aryl methyl sites for hydroxylation is 1. The standard InChI is InChI=1S/C17H13ClF3N5/c1-10-9-26(16(22)24-10)23-8-11-2-4-12(5-3-11)14-6-13(17(19,20)21)7-15(18)25-14/h2-9H,1H3,(H2,22,24). The fourth-order valence-corrected chi connectivity index (χ4v) is 2.48. The van der Waals surface area contributed by atoms with Gasteiger partial charge in [0.05, 0.1) is 29.4 Å². The second-order valence-electron chi connectivity index (χ2n) is 5.51. The molecule has 134 valence electrons. The number of pyridine rings is 1. The van der Waals surface area contributed by atoms with Gasteiger partial charge < -0.3 is 5.73 Å². The molecule has 0 amide bonds. The normalized spacial score (nSPS) is 12.0. The highest BCUT2D eigenvalue weighted by Crippen LogP contribution is 2.33. The van der Waals surface area contributed by atoms with Crippen LogP contribution in [0.2, 0.25) is 5.15 Å². The van der Waals surface area contributed by atoms with Gasteiger partial charge in [-0.05, 0) is 24.6 Å². The van der Waals surface area contributed by atoms with E-state index in [-0.39, 0.29) is 16.8 Å². The molecule has 2 heterocycles. The van der Waals surface area contributed by atoms with Gasteiger partial charge in [-0.25, -0.2) is 14.6 Å². The Morgan fingerprint density at radius 1 is 1.15 bits per heavy atom. The van der Waals surface area contributed by atoms with Crippen LogP contribution in [0, 0.1) is 6.92 Å². The molecule has 0 aliphatic rings. The molecule has 2 aromatic heterocycles. The second kappa shape index (κ2) is 6.80. The lowest BCUT2D eigenvalue weighted by molar-refractivity contribution is -0.137. The van der Waals surface area contributed by atoms with Crippen molar-refractivity contribution in [2.75, 3.05) is 5.73 Å². The van der Waals surface area contributed by atoms with E-state index in [1.807, 2.05) is 0 Å². The Balaban J connectivity index is 1.86. The summed E-state index contributed by atoms with van der Waals surface area (Å²) in [7, 11) is 0. The Morgan fingerprint density at radius 2 is 1.85 bits per heavy atom. The van der Waals surface area contributed by atoms with Crippen molar-refractivity contribution in [1.29, 1.82) is 0 Å². The Hall–Kier alpha value is -2.87. The molecule has 3 rings (SSSR count). The number of aromatic nitrogens is 3. The Labute approximate surface area is 152 Å². The first-order valence-electron chi connectivity index (χ1n) is 7.43. The van der Waals surface area contributed by atoms with Gasteiger partial charge in [-0.2, -0.15) is 18.3 Å². The summed E-state index contributed by atoms with van der Waals surface area (Å²) in [5, 5.41) is 3.96. The van der Waals surface area contributed by atoms with Gasteiger partial charge in [-0.15, -0.1) is 0 Å². The van der Waals surface area contributed by atoms with Crippen molar-refractivity contribution in [2.45, 2.75) is 13.1 Å². The number of benzene rings is 1. The summed E-state index contributed by atoms with van der Waals surface area (Å²) in [4.78, 5) is 7.99. The number of anilines is 1. The lowest BCUT2D eigenvalue weighted by Crippen LogP contribution is -2.05. The SMILES string of the molecule is Cc1cn(N=Cc2ccc(-c3cc(C(F)(F)F)cc(Cl)n3)cc2)c(N)n1. The van der Waals surface area contributed by atoms with E-state index < -0.39 is 11.7 Å². The van der Waals surface area contributed by atoms with Crippen LogP contribution in [0.3, 0.4) is 0 Å². The van der Waals surface area contributed by atoms with Gasteiger partial charge in [0.2, 0.25) is 5.95 Å². The maximum absolute atomic E-state index is 12.9. The largest absolute Gasteiger partial charge is 0.416 e. The van der Waals surface area contributed by atoms with Crippen LogP contribution in [0.4, 0.5) is 19.1 Å². The van der Waals surface area contributed by atoms with E-state index in [1.165, 1.54) is 4.68 Å². The van der Waals surface area contributed by atoms with E-state index in [4.69, 9.17) is 17.3 Å². The molecule has 26 heavy (non-hydrogen) atoms. The highest BCUT2D eigenvalue weighted by atomic mass is 35.5. The fraction of sp³-hybridized carbons (Fsp3) is 0.118. The van der Waals surface area contributed by atoms with Gasteiger partial charge in [-0.1, -0.05) is 35.9 Å². The number of rotatable bonds is 3. The van der Waals surface area contributed by atoms with E-state index in [0.717, 1.165) is 23.4 Å². The van der Waals surface area contributed by atoms with Crippen molar-refractivity contribution in [2.24, 2.45) is 5.10 Å². The van der Waals surface area contributed by atoms with E-state index >= 15 is 0 Å². The monoisotopic (exact) mass is 379 g/mol. The molecule has 2 N–H and O–H groups in total. The summed E-state index contributed by atoms with van der Waals surface area (Å²) in [6.07, 6.45) is -1.25. The molecule has 0 radical (unpaired) electrons. The molecule has 0 fully saturated rings. The average molecular weight is 380 g/mol. The molecule has 5 nitrogen and oxygen atoms in total. The van der Waals surface area contributed by atoms with Crippen LogP contribution >= 0.6 is 11.6 Å². The van der Waals surface area contributed by atoms with Gasteiger partial charge in [0, 0.05) is 5.56 Å². The van der Waals surface area contributed by atoms with E-state index in [0.29, 0.717) is 5.56 Å². The van der Waals surface area contributed by atoms with Crippen molar-refractivity contribution in [3.63, 3.8) is 0 Å². The minimum Gasteiger partial charge on any atom is -0.368 e. The lowest BCUT2D eigenvalue weighted by atomic mass is 10.1. The number of halogens is 4. The van der Waals surface area contributed by atoms with Crippen molar-refractivity contribution >= 4 is 23.8 Å². The molecule has 0 spiro atoms. The number of nitrogen functional groups attached to an aromatic ring is 1. The predicted octanol–water partition coefficient (Wildman–Crippen LogP) is 4.39. The first kappa shape index (κ1) is 17.9. The fourth-order valence-electron chi connectivity index (χ4n) is 2.27. The van der Waals surface area contributed by atoms with Crippen LogP contribution in [0.1, 0.15) is 16.8 Å². The molecule has 0 aliphatic carbocycles. The first-order chi connectivity index (χ1) is 12.2. The number of hydrogen-bond donors (Lipinski definition) is 1. The van der Waals surface area contributed by atoms with E-state index in [2.05, 4.69) is 15.1 Å². The summed E-state index contributed by atoms with van der Waals surface area (Å²) in [6, 6.07) is 8.45. The molecular formula is C17H13ClF3N5. The molecule has 0 atom stereocenters. The third-order valence-corrected chi connectivity index (χ3v) is 3.69. The number of nitrogens with zero attached hydrogens (tertiary/aromatic N) is 4. The highest BCUT2D eigenvalue weighted by molar-refractivity contribution is 6.29. The van der Waals surface area contributed by atoms with Crippen molar-refractivity contribution in [3.8, 4) is 11.3 Å². The van der Waals surface area contributed by atoms with Crippen molar-refractivity contribution in [1.82, 2.24) is 14.6 Å². The van der Waals surface area contributed by atoms with Gasteiger partial charge in [0.15, 0.2) is 0 Å². The Bertz CT molecular complexity index is 962. The molecule has 3 aromatic rings. The third-order valence-electron chi connectivity index (χ3n) is 3.49. The van der Waals surface area contributed by atoms with Gasteiger partial charge in [-0.3, -0.25) is 0 Å². The number of alkyl halides is 3. The van der Waals surface area contributed by atoms with Crippen LogP contribution in [0.25, 0.3) is 11.3 Å². The van der Waals surface area contributed by atoms with Gasteiger partial charge in [0.1, 0.15) is 5.15 Å². The summed E-state index contributed by atoms with van der Waals surface area (Å²) in [5.41, 5.74) is 6.97. The number of imidazole rings is 1. The second-order valence-corrected chi connectivity index (χ2v) is 5.90. The Morgan fingerprint density at radius 3 is 2.42 bits per heavy atom. The molecule has 9 heteroatoms. The molecular weight excluding hydrogens is 367 g/mol. The molecule has 0 aliphatic heterocycles. The van der Waals surface area contributed by atoms with Crippen LogP contribution in [-0.4, -0.2) is 20.9 Å². The topological polar surface area (TPSA) is 69.1 Å². The number of nitrogens with two attached hydrogens (primary N) is 1. The van der Waals surface area contributed by atoms with Crippen LogP contribution < -0.4 is 5.73 Å². The summed E-state index contributed by atoms with van der Waals surface area (Å²) in [6.45, 7) is 1.80. The maximum Gasteiger partial charge on any atom is 0.416 e. The molecule has 1 aromatic carbocycles. The summed E-state index contributed by atoms with van der Waals surface area (Å²) >= 11 is 5.72. The minimum absolute atomic E-state index is 0.141. The molecule has 0 bridgehead atoms. The lowest BCUT2D eigenvalue weighted by Gasteiger charge is -2.09. The third kappa shape index (κ3) is 4.02. The van der Waals surface area contributed by atoms with Crippen molar-refractivity contribution in [3.05, 3.63) is 64.6 Å².